The fourth-order valence-electron chi connectivity index (χ4n) is 2.97. The zero-order valence-corrected chi connectivity index (χ0v) is 14.0. The van der Waals surface area contributed by atoms with E-state index in [1.165, 1.54) is 27.8 Å². The third kappa shape index (κ3) is 4.32. The molecule has 2 aromatic rings. The fraction of sp³-hybridized carbons (Fsp3) is 0.217. The van der Waals surface area contributed by atoms with Gasteiger partial charge in [0.05, 0.1) is 0 Å². The number of rotatable bonds is 4. The van der Waals surface area contributed by atoms with Crippen LogP contribution in [0.5, 0.6) is 0 Å². The fourth-order valence-corrected chi connectivity index (χ4v) is 2.97. The van der Waals surface area contributed by atoms with Crippen molar-refractivity contribution in [2.45, 2.75) is 26.7 Å². The molecule has 116 valence electrons. The minimum absolute atomic E-state index is 0.618. The smallest absolute Gasteiger partial charge is 0.00197 e. The van der Waals surface area contributed by atoms with Crippen LogP contribution >= 0.6 is 0 Å². The lowest BCUT2D eigenvalue weighted by Gasteiger charge is -2.16. The van der Waals surface area contributed by atoms with Crippen LogP contribution in [0.1, 0.15) is 30.0 Å². The maximum atomic E-state index is 2.41. The lowest BCUT2D eigenvalue weighted by Crippen LogP contribution is -2.00. The monoisotopic (exact) mass is 300 g/mol. The Bertz CT molecular complexity index is 727. The number of benzene rings is 2. The second-order valence-electron chi connectivity index (χ2n) is 6.48. The summed E-state index contributed by atoms with van der Waals surface area (Å²) in [7, 11) is 0. The van der Waals surface area contributed by atoms with Gasteiger partial charge in [-0.2, -0.15) is 0 Å². The number of hydrogen-bond acceptors (Lipinski definition) is 0. The summed E-state index contributed by atoms with van der Waals surface area (Å²) in [5.41, 5.74) is 6.70. The molecule has 0 spiro atoms. The van der Waals surface area contributed by atoms with Crippen molar-refractivity contribution in [1.29, 1.82) is 0 Å². The van der Waals surface area contributed by atoms with Gasteiger partial charge in [0.2, 0.25) is 0 Å². The molecular formula is C23H24. The van der Waals surface area contributed by atoms with Crippen molar-refractivity contribution >= 4 is 6.08 Å². The highest BCUT2D eigenvalue weighted by atomic mass is 14.1. The van der Waals surface area contributed by atoms with E-state index in [9.17, 15) is 0 Å². The summed E-state index contributed by atoms with van der Waals surface area (Å²) in [6, 6.07) is 19.5. The van der Waals surface area contributed by atoms with Gasteiger partial charge in [0, 0.05) is 0 Å². The Hall–Kier alpha value is -2.34. The Morgan fingerprint density at radius 1 is 1.04 bits per heavy atom. The molecule has 0 aromatic heterocycles. The summed E-state index contributed by atoms with van der Waals surface area (Å²) in [4.78, 5) is 0. The lowest BCUT2D eigenvalue weighted by molar-refractivity contribution is 0.730. The Balaban J connectivity index is 1.96. The molecule has 2 aromatic carbocycles. The van der Waals surface area contributed by atoms with Gasteiger partial charge in [-0.15, -0.1) is 0 Å². The van der Waals surface area contributed by atoms with Crippen LogP contribution in [0.15, 0.2) is 84.0 Å². The third-order valence-electron chi connectivity index (χ3n) is 4.30. The van der Waals surface area contributed by atoms with Crippen LogP contribution in [-0.2, 0) is 6.42 Å². The molecule has 1 unspecified atom stereocenters. The van der Waals surface area contributed by atoms with Crippen molar-refractivity contribution in [3.8, 4) is 0 Å². The van der Waals surface area contributed by atoms with Crippen LogP contribution in [0.3, 0.4) is 0 Å². The molecule has 1 aliphatic carbocycles. The highest BCUT2D eigenvalue weighted by molar-refractivity contribution is 5.62. The van der Waals surface area contributed by atoms with Gasteiger partial charge in [0.15, 0.2) is 0 Å². The van der Waals surface area contributed by atoms with Crippen molar-refractivity contribution in [3.63, 3.8) is 0 Å². The Kier molecular flexibility index (Phi) is 4.92. The highest BCUT2D eigenvalue weighted by Crippen LogP contribution is 2.26. The largest absolute Gasteiger partial charge is 0.0834 e. The van der Waals surface area contributed by atoms with E-state index in [0.717, 1.165) is 12.8 Å². The second kappa shape index (κ2) is 7.28. The van der Waals surface area contributed by atoms with Crippen LogP contribution in [-0.4, -0.2) is 0 Å². The molecule has 0 saturated carbocycles. The summed E-state index contributed by atoms with van der Waals surface area (Å²) in [6.07, 6.45) is 11.4. The van der Waals surface area contributed by atoms with E-state index in [-0.39, 0.29) is 0 Å². The average Bonchev–Trinajstić information content (AvgIpc) is 2.57. The quantitative estimate of drug-likeness (QED) is 0.636. The van der Waals surface area contributed by atoms with Gasteiger partial charge >= 0.3 is 0 Å². The first-order valence-corrected chi connectivity index (χ1v) is 8.40. The van der Waals surface area contributed by atoms with Crippen molar-refractivity contribution in [3.05, 3.63) is 101 Å². The van der Waals surface area contributed by atoms with E-state index in [2.05, 4.69) is 92.7 Å². The van der Waals surface area contributed by atoms with E-state index in [4.69, 9.17) is 0 Å². The molecule has 0 aliphatic heterocycles. The molecule has 0 radical (unpaired) electrons. The topological polar surface area (TPSA) is 0 Å². The van der Waals surface area contributed by atoms with Gasteiger partial charge in [-0.25, -0.2) is 0 Å². The predicted octanol–water partition coefficient (Wildman–Crippen LogP) is 6.14. The number of allylic oxidation sites excluding steroid dienone is 5. The van der Waals surface area contributed by atoms with E-state index in [1.807, 2.05) is 0 Å². The molecule has 1 aliphatic rings. The minimum atomic E-state index is 0.618. The number of hydrogen-bond donors (Lipinski definition) is 0. The molecule has 23 heavy (non-hydrogen) atoms. The van der Waals surface area contributed by atoms with Crippen LogP contribution in [0.2, 0.25) is 0 Å². The summed E-state index contributed by atoms with van der Waals surface area (Å²) in [5.74, 6) is 0.618. The first-order valence-electron chi connectivity index (χ1n) is 8.40. The lowest BCUT2D eigenvalue weighted by atomic mass is 9.89. The third-order valence-corrected chi connectivity index (χ3v) is 4.30. The molecule has 0 amide bonds. The normalized spacial score (nSPS) is 17.9. The molecule has 1 atom stereocenters. The molecule has 0 N–H and O–H groups in total. The molecule has 0 bridgehead atoms. The van der Waals surface area contributed by atoms with Crippen LogP contribution in [0, 0.1) is 12.8 Å². The van der Waals surface area contributed by atoms with Crippen LogP contribution in [0.4, 0.5) is 0 Å². The molecular weight excluding hydrogens is 276 g/mol. The highest BCUT2D eigenvalue weighted by Gasteiger charge is 2.10. The Labute approximate surface area is 139 Å². The van der Waals surface area contributed by atoms with Crippen molar-refractivity contribution in [2.24, 2.45) is 5.92 Å². The van der Waals surface area contributed by atoms with Gasteiger partial charge in [-0.3, -0.25) is 0 Å². The molecule has 0 fully saturated rings. The van der Waals surface area contributed by atoms with Gasteiger partial charge in [0.1, 0.15) is 0 Å². The van der Waals surface area contributed by atoms with Gasteiger partial charge < -0.3 is 0 Å². The SMILES string of the molecule is Cc1ccc(C=C(Cc2ccccc2)C2=CC(C)CC=C2)cc1. The standard InChI is InChI=1S/C23H24/c1-18-11-13-21(14-12-18)17-23(16-20-8-4-3-5-9-20)22-10-6-7-19(2)15-22/h3-6,8-15,17,19H,7,16H2,1-2H3. The Morgan fingerprint density at radius 2 is 1.78 bits per heavy atom. The van der Waals surface area contributed by atoms with E-state index >= 15 is 0 Å². The van der Waals surface area contributed by atoms with Crippen LogP contribution < -0.4 is 0 Å². The summed E-state index contributed by atoms with van der Waals surface area (Å²) in [6.45, 7) is 4.42. The molecule has 3 rings (SSSR count). The summed E-state index contributed by atoms with van der Waals surface area (Å²) >= 11 is 0. The zero-order valence-electron chi connectivity index (χ0n) is 14.0. The van der Waals surface area contributed by atoms with Gasteiger partial charge in [-0.05, 0) is 48.0 Å². The summed E-state index contributed by atoms with van der Waals surface area (Å²) in [5, 5.41) is 0. The number of aryl methyl sites for hydroxylation is 1. The maximum Gasteiger partial charge on any atom is -0.00197 e. The van der Waals surface area contributed by atoms with Gasteiger partial charge in [-0.1, -0.05) is 91.4 Å². The molecule has 0 saturated heterocycles. The second-order valence-corrected chi connectivity index (χ2v) is 6.48. The molecule has 0 heterocycles. The molecule has 0 nitrogen and oxygen atoms in total. The Morgan fingerprint density at radius 3 is 2.48 bits per heavy atom. The van der Waals surface area contributed by atoms with Crippen molar-refractivity contribution < 1.29 is 0 Å². The predicted molar refractivity (Wildman–Crippen MR) is 100 cm³/mol. The first kappa shape index (κ1) is 15.6. The van der Waals surface area contributed by atoms with E-state index in [1.54, 1.807) is 0 Å². The first-order chi connectivity index (χ1) is 11.2. The van der Waals surface area contributed by atoms with E-state index < -0.39 is 0 Å². The molecule has 0 heteroatoms. The van der Waals surface area contributed by atoms with Crippen molar-refractivity contribution in [1.82, 2.24) is 0 Å². The van der Waals surface area contributed by atoms with Crippen molar-refractivity contribution in [2.75, 3.05) is 0 Å². The zero-order chi connectivity index (χ0) is 16.1. The minimum Gasteiger partial charge on any atom is -0.0834 e. The van der Waals surface area contributed by atoms with Gasteiger partial charge in [0.25, 0.3) is 0 Å². The maximum absolute atomic E-state index is 2.41. The van der Waals surface area contributed by atoms with E-state index in [0.29, 0.717) is 5.92 Å². The van der Waals surface area contributed by atoms with Crippen LogP contribution in [0.25, 0.3) is 6.08 Å². The average molecular weight is 300 g/mol. The summed E-state index contributed by atoms with van der Waals surface area (Å²) < 4.78 is 0.